The molecule has 0 saturated heterocycles. The summed E-state index contributed by atoms with van der Waals surface area (Å²) in [5.74, 6) is -9.52. The Kier molecular flexibility index (Phi) is 5.17. The Morgan fingerprint density at radius 2 is 1.48 bits per heavy atom. The van der Waals surface area contributed by atoms with Gasteiger partial charge in [0.25, 0.3) is 0 Å². The van der Waals surface area contributed by atoms with Gasteiger partial charge >= 0.3 is 11.8 Å². The zero-order valence-corrected chi connectivity index (χ0v) is 13.2. The summed E-state index contributed by atoms with van der Waals surface area (Å²) in [6.45, 7) is 3.32. The molecule has 0 aromatic heterocycles. The van der Waals surface area contributed by atoms with Crippen LogP contribution in [0.15, 0.2) is 47.7 Å². The van der Waals surface area contributed by atoms with Crippen molar-refractivity contribution in [2.24, 2.45) is 0 Å². The topological polar surface area (TPSA) is 9.23 Å². The first kappa shape index (κ1) is 17.6. The van der Waals surface area contributed by atoms with E-state index in [4.69, 9.17) is 4.74 Å². The Hall–Kier alpha value is -1.78. The van der Waals surface area contributed by atoms with E-state index in [0.717, 1.165) is 30.6 Å². The summed E-state index contributed by atoms with van der Waals surface area (Å²) in [4.78, 5) is 0. The fourth-order valence-electron chi connectivity index (χ4n) is 2.47. The molecule has 0 aliphatic heterocycles. The molecule has 1 aliphatic carbocycles. The van der Waals surface area contributed by atoms with Gasteiger partial charge in [0.2, 0.25) is 0 Å². The molecule has 1 aliphatic rings. The lowest BCUT2D eigenvalue weighted by Crippen LogP contribution is -2.45. The number of hydrogen-bond donors (Lipinski definition) is 0. The van der Waals surface area contributed by atoms with Crippen LogP contribution in [0.3, 0.4) is 0 Å². The molecule has 126 valence electrons. The maximum Gasteiger partial charge on any atom is 0.369 e. The van der Waals surface area contributed by atoms with Crippen LogP contribution >= 0.6 is 0 Å². The molecule has 0 bridgehead atoms. The van der Waals surface area contributed by atoms with Gasteiger partial charge in [-0.15, -0.1) is 0 Å². The largest absolute Gasteiger partial charge is 0.487 e. The number of aryl methyl sites for hydroxylation is 1. The summed E-state index contributed by atoms with van der Waals surface area (Å²) in [7, 11) is 0. The molecule has 1 aromatic carbocycles. The zero-order valence-electron chi connectivity index (χ0n) is 13.2. The van der Waals surface area contributed by atoms with E-state index in [1.165, 1.54) is 6.92 Å². The third kappa shape index (κ3) is 3.43. The molecule has 0 atom stereocenters. The summed E-state index contributed by atoms with van der Waals surface area (Å²) in [6, 6.07) is 7.30. The maximum absolute atomic E-state index is 14.0. The van der Waals surface area contributed by atoms with Crippen molar-refractivity contribution in [2.45, 2.75) is 51.6 Å². The Morgan fingerprint density at radius 1 is 0.870 bits per heavy atom. The number of alkyl halides is 4. The molecule has 0 amide bonds. The highest BCUT2D eigenvalue weighted by atomic mass is 19.3. The lowest BCUT2D eigenvalue weighted by Gasteiger charge is -2.32. The Bertz CT molecular complexity index is 600. The third-order valence-corrected chi connectivity index (χ3v) is 3.88. The first-order valence-electron chi connectivity index (χ1n) is 7.71. The van der Waals surface area contributed by atoms with Crippen molar-refractivity contribution >= 4 is 0 Å². The van der Waals surface area contributed by atoms with Crippen LogP contribution in [0.2, 0.25) is 0 Å². The van der Waals surface area contributed by atoms with Crippen LogP contribution in [0.5, 0.6) is 0 Å². The molecule has 1 aromatic rings. The number of ether oxygens (including phenoxy) is 1. The van der Waals surface area contributed by atoms with Crippen molar-refractivity contribution in [3.63, 3.8) is 0 Å². The first-order valence-corrected chi connectivity index (χ1v) is 7.71. The minimum Gasteiger partial charge on any atom is -0.487 e. The predicted octanol–water partition coefficient (Wildman–Crippen LogP) is 5.66. The highest BCUT2D eigenvalue weighted by Crippen LogP contribution is 2.48. The van der Waals surface area contributed by atoms with Crippen molar-refractivity contribution < 1.29 is 22.3 Å². The summed E-state index contributed by atoms with van der Waals surface area (Å²) >= 11 is 0. The summed E-state index contributed by atoms with van der Waals surface area (Å²) in [6.07, 6.45) is 3.78. The minimum atomic E-state index is -4.32. The van der Waals surface area contributed by atoms with Crippen molar-refractivity contribution in [1.29, 1.82) is 0 Å². The van der Waals surface area contributed by atoms with E-state index in [1.54, 1.807) is 12.1 Å². The van der Waals surface area contributed by atoms with Crippen LogP contribution in [0, 0.1) is 0 Å². The van der Waals surface area contributed by atoms with Crippen LogP contribution in [-0.4, -0.2) is 11.8 Å². The average molecular weight is 328 g/mol. The molecule has 0 spiro atoms. The molecule has 0 fully saturated rings. The van der Waals surface area contributed by atoms with E-state index < -0.39 is 23.2 Å². The van der Waals surface area contributed by atoms with Crippen molar-refractivity contribution in [1.82, 2.24) is 0 Å². The van der Waals surface area contributed by atoms with E-state index in [9.17, 15) is 17.6 Å². The second-order valence-corrected chi connectivity index (χ2v) is 5.58. The molecule has 0 unspecified atom stereocenters. The van der Waals surface area contributed by atoms with Gasteiger partial charge in [-0.1, -0.05) is 50.6 Å². The second-order valence-electron chi connectivity index (χ2n) is 5.58. The second kappa shape index (κ2) is 6.77. The lowest BCUT2D eigenvalue weighted by molar-refractivity contribution is -0.187. The Balaban J connectivity index is 2.10. The van der Waals surface area contributed by atoms with E-state index in [0.29, 0.717) is 5.56 Å². The quantitative estimate of drug-likeness (QED) is 0.612. The molecule has 23 heavy (non-hydrogen) atoms. The standard InChI is InChI=1S/C18H20F4O/c1-3-5-13-6-8-14(9-7-13)12-23-16-11-10-15(4-2)17(19,20)18(16,21)22/h6-11H,3-5,12H2,1-2H3. The monoisotopic (exact) mass is 328 g/mol. The fraction of sp³-hybridized carbons (Fsp3) is 0.444. The van der Waals surface area contributed by atoms with Crippen molar-refractivity contribution in [2.75, 3.05) is 0 Å². The van der Waals surface area contributed by atoms with E-state index in [-0.39, 0.29) is 13.0 Å². The van der Waals surface area contributed by atoms with Gasteiger partial charge in [0, 0.05) is 5.57 Å². The van der Waals surface area contributed by atoms with Gasteiger partial charge in [0.1, 0.15) is 6.61 Å². The normalized spacial score (nSPS) is 19.0. The van der Waals surface area contributed by atoms with Gasteiger partial charge in [-0.3, -0.25) is 0 Å². The maximum atomic E-state index is 14.0. The molecule has 0 heterocycles. The molecular weight excluding hydrogens is 308 g/mol. The van der Waals surface area contributed by atoms with Gasteiger partial charge in [0.15, 0.2) is 5.76 Å². The van der Waals surface area contributed by atoms with Gasteiger partial charge in [-0.05, 0) is 30.0 Å². The number of allylic oxidation sites excluding steroid dienone is 4. The number of hydrogen-bond acceptors (Lipinski definition) is 1. The average Bonchev–Trinajstić information content (AvgIpc) is 2.51. The fourth-order valence-corrected chi connectivity index (χ4v) is 2.47. The van der Waals surface area contributed by atoms with E-state index >= 15 is 0 Å². The molecule has 5 heteroatoms. The van der Waals surface area contributed by atoms with Crippen LogP contribution in [-0.2, 0) is 17.8 Å². The Morgan fingerprint density at radius 3 is 2.04 bits per heavy atom. The summed E-state index contributed by atoms with van der Waals surface area (Å²) in [5.41, 5.74) is 1.22. The zero-order chi connectivity index (χ0) is 17.1. The van der Waals surface area contributed by atoms with E-state index in [2.05, 4.69) is 6.92 Å². The highest BCUT2D eigenvalue weighted by molar-refractivity contribution is 5.35. The Labute approximate surface area is 133 Å². The third-order valence-electron chi connectivity index (χ3n) is 3.88. The molecule has 2 rings (SSSR count). The van der Waals surface area contributed by atoms with Gasteiger partial charge in [-0.25, -0.2) is 0 Å². The smallest absolute Gasteiger partial charge is 0.369 e. The van der Waals surface area contributed by atoms with Crippen molar-refractivity contribution in [3.8, 4) is 0 Å². The van der Waals surface area contributed by atoms with Gasteiger partial charge in [-0.2, -0.15) is 17.6 Å². The van der Waals surface area contributed by atoms with E-state index in [1.807, 2.05) is 12.1 Å². The lowest BCUT2D eigenvalue weighted by atomic mass is 9.93. The van der Waals surface area contributed by atoms with Gasteiger partial charge in [0.05, 0.1) is 0 Å². The molecule has 0 radical (unpaired) electrons. The summed E-state index contributed by atoms with van der Waals surface area (Å²) < 4.78 is 60.6. The molecule has 0 N–H and O–H groups in total. The molecular formula is C18H20F4O. The molecule has 1 nitrogen and oxygen atoms in total. The van der Waals surface area contributed by atoms with Crippen molar-refractivity contribution in [3.05, 3.63) is 58.9 Å². The number of benzene rings is 1. The highest BCUT2D eigenvalue weighted by Gasteiger charge is 2.62. The minimum absolute atomic E-state index is 0.134. The summed E-state index contributed by atoms with van der Waals surface area (Å²) in [5, 5.41) is 0. The van der Waals surface area contributed by atoms with Crippen LogP contribution in [0.25, 0.3) is 0 Å². The van der Waals surface area contributed by atoms with Gasteiger partial charge < -0.3 is 4.74 Å². The van der Waals surface area contributed by atoms with Crippen LogP contribution in [0.1, 0.15) is 37.8 Å². The van der Waals surface area contributed by atoms with Crippen LogP contribution in [0.4, 0.5) is 17.6 Å². The molecule has 0 saturated carbocycles. The number of rotatable bonds is 6. The van der Waals surface area contributed by atoms with Crippen LogP contribution < -0.4 is 0 Å². The SMILES string of the molecule is CCCc1ccc(COC2=CC=C(CC)C(F)(F)C2(F)F)cc1. The first-order chi connectivity index (χ1) is 10.8. The predicted molar refractivity (Wildman–Crippen MR) is 81.6 cm³/mol. The number of halogens is 4.